The van der Waals surface area contributed by atoms with Crippen LogP contribution in [0.15, 0.2) is 116 Å². The molecule has 6 heteroatoms. The summed E-state index contributed by atoms with van der Waals surface area (Å²) < 4.78 is 0.868. The summed E-state index contributed by atoms with van der Waals surface area (Å²) in [5.41, 5.74) is 4.56. The van der Waals surface area contributed by atoms with E-state index < -0.39 is 0 Å². The molecule has 0 aliphatic carbocycles. The second kappa shape index (κ2) is 10.0. The van der Waals surface area contributed by atoms with Gasteiger partial charge in [0.2, 0.25) is 0 Å². The van der Waals surface area contributed by atoms with Crippen molar-refractivity contribution in [2.45, 2.75) is 9.79 Å². The van der Waals surface area contributed by atoms with Gasteiger partial charge in [0, 0.05) is 38.5 Å². The zero-order valence-corrected chi connectivity index (χ0v) is 17.6. The number of aromatic amines is 1. The number of nitrogens with one attached hydrogen (secondary N) is 2. The zero-order chi connectivity index (χ0) is 20.6. The van der Waals surface area contributed by atoms with Crippen molar-refractivity contribution in [3.8, 4) is 0 Å². The number of aromatic nitrogens is 1. The Morgan fingerprint density at radius 1 is 0.833 bits per heavy atom. The number of H-pyrrole nitrogens is 1. The molecule has 30 heavy (non-hydrogen) atoms. The van der Waals surface area contributed by atoms with E-state index in [0.717, 1.165) is 30.5 Å². The van der Waals surface area contributed by atoms with Crippen molar-refractivity contribution < 1.29 is 4.79 Å². The van der Waals surface area contributed by atoms with Gasteiger partial charge in [0.1, 0.15) is 0 Å². The van der Waals surface area contributed by atoms with E-state index in [0.29, 0.717) is 0 Å². The average molecular weight is 430 g/mol. The molecular weight excluding hydrogens is 410 g/mol. The summed E-state index contributed by atoms with van der Waals surface area (Å²) in [6, 6.07) is 28.0. The molecule has 1 aromatic heterocycles. The van der Waals surface area contributed by atoms with E-state index >= 15 is 0 Å². The maximum atomic E-state index is 12.5. The molecular formula is C24H19N3OS2. The number of fused-ring (bicyclic) bond motifs is 1. The minimum Gasteiger partial charge on any atom is -0.361 e. The summed E-state index contributed by atoms with van der Waals surface area (Å²) in [5.74, 6) is -0.270. The molecule has 1 heterocycles. The molecule has 0 fully saturated rings. The maximum absolute atomic E-state index is 12.5. The lowest BCUT2D eigenvalue weighted by molar-refractivity contribution is -0.116. The first-order valence-electron chi connectivity index (χ1n) is 9.34. The molecule has 0 bridgehead atoms. The topological polar surface area (TPSA) is 57.2 Å². The van der Waals surface area contributed by atoms with Gasteiger partial charge in [-0.15, -0.1) is 0 Å². The van der Waals surface area contributed by atoms with Gasteiger partial charge in [0.15, 0.2) is 0 Å². The predicted molar refractivity (Wildman–Crippen MR) is 127 cm³/mol. The minimum atomic E-state index is -0.270. The lowest BCUT2D eigenvalue weighted by atomic mass is 10.2. The fourth-order valence-corrected chi connectivity index (χ4v) is 4.92. The van der Waals surface area contributed by atoms with E-state index in [2.05, 4.69) is 15.5 Å². The van der Waals surface area contributed by atoms with Gasteiger partial charge >= 0.3 is 0 Å². The maximum Gasteiger partial charge on any atom is 0.265 e. The number of thioether (sulfide) groups is 2. The highest BCUT2D eigenvalue weighted by atomic mass is 32.2. The number of hydrazone groups is 1. The van der Waals surface area contributed by atoms with Gasteiger partial charge in [0.05, 0.1) is 10.5 Å². The molecule has 4 aromatic rings. The number of hydrogen-bond donors (Lipinski definition) is 2. The van der Waals surface area contributed by atoms with E-state index in [4.69, 9.17) is 0 Å². The van der Waals surface area contributed by atoms with Crippen LogP contribution in [0.4, 0.5) is 0 Å². The van der Waals surface area contributed by atoms with Gasteiger partial charge in [0.25, 0.3) is 5.91 Å². The Morgan fingerprint density at radius 3 is 2.10 bits per heavy atom. The molecule has 0 atom stereocenters. The molecule has 0 unspecified atom stereocenters. The second-order valence-electron chi connectivity index (χ2n) is 6.32. The van der Waals surface area contributed by atoms with Crippen LogP contribution in [0.25, 0.3) is 10.9 Å². The largest absolute Gasteiger partial charge is 0.361 e. The van der Waals surface area contributed by atoms with E-state index in [-0.39, 0.29) is 5.91 Å². The summed E-state index contributed by atoms with van der Waals surface area (Å²) >= 11 is 3.10. The summed E-state index contributed by atoms with van der Waals surface area (Å²) in [5, 5.41) is 5.18. The van der Waals surface area contributed by atoms with Crippen LogP contribution in [0.3, 0.4) is 0 Å². The quantitative estimate of drug-likeness (QED) is 0.163. The van der Waals surface area contributed by atoms with Crippen molar-refractivity contribution in [1.82, 2.24) is 10.4 Å². The Labute approximate surface area is 183 Å². The summed E-state index contributed by atoms with van der Waals surface area (Å²) in [6.07, 6.45) is 5.11. The van der Waals surface area contributed by atoms with Gasteiger partial charge in [-0.1, -0.05) is 78.1 Å². The Bertz CT molecular complexity index is 1140. The van der Waals surface area contributed by atoms with Crippen molar-refractivity contribution in [1.29, 1.82) is 0 Å². The minimum absolute atomic E-state index is 0.270. The van der Waals surface area contributed by atoms with E-state index in [1.54, 1.807) is 35.8 Å². The Morgan fingerprint density at radius 2 is 1.43 bits per heavy atom. The van der Waals surface area contributed by atoms with Crippen LogP contribution in [0.1, 0.15) is 5.56 Å². The SMILES string of the molecule is O=C(C=C(Sc1ccccc1)Sc1ccccc1)N/N=C/c1c[nH]c2ccccc12. The van der Waals surface area contributed by atoms with Crippen LogP contribution in [0, 0.1) is 0 Å². The van der Waals surface area contributed by atoms with E-state index in [1.165, 1.54) is 0 Å². The van der Waals surface area contributed by atoms with Gasteiger partial charge in [-0.2, -0.15) is 5.10 Å². The smallest absolute Gasteiger partial charge is 0.265 e. The molecule has 0 radical (unpaired) electrons. The number of benzene rings is 3. The number of carbonyl (C=O) groups excluding carboxylic acids is 1. The van der Waals surface area contributed by atoms with Crippen LogP contribution in [0.5, 0.6) is 0 Å². The first kappa shape index (κ1) is 20.1. The summed E-state index contributed by atoms with van der Waals surface area (Å²) in [4.78, 5) is 17.8. The number of rotatable bonds is 7. The molecule has 2 N–H and O–H groups in total. The van der Waals surface area contributed by atoms with Crippen LogP contribution in [0.2, 0.25) is 0 Å². The van der Waals surface area contributed by atoms with Crippen molar-refractivity contribution in [2.24, 2.45) is 5.10 Å². The molecule has 148 valence electrons. The molecule has 0 saturated heterocycles. The van der Waals surface area contributed by atoms with Crippen molar-refractivity contribution in [2.75, 3.05) is 0 Å². The summed E-state index contributed by atoms with van der Waals surface area (Å²) in [6.45, 7) is 0. The Kier molecular flexibility index (Phi) is 6.69. The lowest BCUT2D eigenvalue weighted by Crippen LogP contribution is -2.14. The van der Waals surface area contributed by atoms with E-state index in [1.807, 2.05) is 91.1 Å². The third kappa shape index (κ3) is 5.43. The zero-order valence-electron chi connectivity index (χ0n) is 16.0. The molecule has 4 nitrogen and oxygen atoms in total. The molecule has 3 aromatic carbocycles. The average Bonchev–Trinajstić information content (AvgIpc) is 3.18. The predicted octanol–water partition coefficient (Wildman–Crippen LogP) is 6.04. The molecule has 0 aliphatic rings. The van der Waals surface area contributed by atoms with Crippen LogP contribution in [-0.4, -0.2) is 17.1 Å². The van der Waals surface area contributed by atoms with Gasteiger partial charge < -0.3 is 4.98 Å². The van der Waals surface area contributed by atoms with Crippen molar-refractivity contribution in [3.63, 3.8) is 0 Å². The fraction of sp³-hybridized carbons (Fsp3) is 0. The van der Waals surface area contributed by atoms with Crippen LogP contribution in [-0.2, 0) is 4.79 Å². The number of hydrogen-bond acceptors (Lipinski definition) is 4. The molecule has 0 aliphatic heterocycles. The van der Waals surface area contributed by atoms with E-state index in [9.17, 15) is 4.79 Å². The first-order valence-corrected chi connectivity index (χ1v) is 11.0. The lowest BCUT2D eigenvalue weighted by Gasteiger charge is -2.07. The second-order valence-corrected chi connectivity index (χ2v) is 8.81. The molecule has 0 spiro atoms. The number of carbonyl (C=O) groups is 1. The monoisotopic (exact) mass is 429 g/mol. The number of nitrogens with zero attached hydrogens (tertiary/aromatic N) is 1. The standard InChI is InChI=1S/C24H19N3OS2/c28-23(27-26-17-18-16-25-22-14-8-7-13-21(18)22)15-24(29-19-9-3-1-4-10-19)30-20-11-5-2-6-12-20/h1-17,25H,(H,27,28)/b26-17+. The third-order valence-corrected chi connectivity index (χ3v) is 6.33. The van der Waals surface area contributed by atoms with Crippen molar-refractivity contribution >= 4 is 46.5 Å². The van der Waals surface area contributed by atoms with Gasteiger partial charge in [-0.05, 0) is 30.3 Å². The Hall–Kier alpha value is -3.22. The van der Waals surface area contributed by atoms with Crippen LogP contribution < -0.4 is 5.43 Å². The number of para-hydroxylation sites is 1. The summed E-state index contributed by atoms with van der Waals surface area (Å²) in [7, 11) is 0. The van der Waals surface area contributed by atoms with Gasteiger partial charge in [-0.3, -0.25) is 4.79 Å². The first-order chi connectivity index (χ1) is 14.8. The fourth-order valence-electron chi connectivity index (χ4n) is 2.79. The third-order valence-electron chi connectivity index (χ3n) is 4.17. The highest BCUT2D eigenvalue weighted by Crippen LogP contribution is 2.38. The van der Waals surface area contributed by atoms with Crippen LogP contribution >= 0.6 is 23.5 Å². The van der Waals surface area contributed by atoms with Gasteiger partial charge in [-0.25, -0.2) is 5.43 Å². The normalized spacial score (nSPS) is 10.9. The highest BCUT2D eigenvalue weighted by Gasteiger charge is 2.07. The highest BCUT2D eigenvalue weighted by molar-refractivity contribution is 8.22. The van der Waals surface area contributed by atoms with Crippen molar-refractivity contribution in [3.05, 3.63) is 107 Å². The Balaban J connectivity index is 1.47. The molecule has 1 amide bonds. The molecule has 4 rings (SSSR count). The number of amides is 1. The molecule has 0 saturated carbocycles.